The third kappa shape index (κ3) is 1.55. The van der Waals surface area contributed by atoms with Gasteiger partial charge >= 0.3 is 0 Å². The Hall–Kier alpha value is -1.35. The second-order valence-corrected chi connectivity index (χ2v) is 3.10. The Bertz CT molecular complexity index is 344. The first-order valence-corrected chi connectivity index (χ1v) is 4.17. The molecule has 1 aliphatic rings. The van der Waals surface area contributed by atoms with Gasteiger partial charge in [-0.1, -0.05) is 12.1 Å². The zero-order valence-corrected chi connectivity index (χ0v) is 7.12. The van der Waals surface area contributed by atoms with Crippen LogP contribution in [0.1, 0.15) is 11.1 Å². The van der Waals surface area contributed by atoms with Gasteiger partial charge in [-0.2, -0.15) is 0 Å². The molecule has 0 bridgehead atoms. The number of rotatable bonds is 1. The lowest BCUT2D eigenvalue weighted by Crippen LogP contribution is -2.20. The second kappa shape index (κ2) is 3.18. The largest absolute Gasteiger partial charge is 0.486 e. The van der Waals surface area contributed by atoms with Crippen molar-refractivity contribution in [2.75, 3.05) is 6.61 Å². The maximum atomic E-state index is 11.0. The number of ether oxygens (including phenoxy) is 1. The van der Waals surface area contributed by atoms with Crippen LogP contribution in [0.2, 0.25) is 0 Å². The Morgan fingerprint density at radius 1 is 1.46 bits per heavy atom. The van der Waals surface area contributed by atoms with E-state index in [4.69, 9.17) is 9.84 Å². The summed E-state index contributed by atoms with van der Waals surface area (Å²) < 4.78 is 5.22. The first-order chi connectivity index (χ1) is 6.29. The van der Waals surface area contributed by atoms with E-state index in [2.05, 4.69) is 0 Å². The van der Waals surface area contributed by atoms with Crippen LogP contribution in [-0.2, 0) is 17.8 Å². The quantitative estimate of drug-likeness (QED) is 0.688. The highest BCUT2D eigenvalue weighted by Crippen LogP contribution is 2.24. The fraction of sp³-hybridized carbons (Fsp3) is 0.300. The van der Waals surface area contributed by atoms with Crippen molar-refractivity contribution in [1.82, 2.24) is 0 Å². The van der Waals surface area contributed by atoms with Gasteiger partial charge in [-0.05, 0) is 11.6 Å². The lowest BCUT2D eigenvalue weighted by Gasteiger charge is -2.16. The summed E-state index contributed by atoms with van der Waals surface area (Å²) in [6, 6.07) is 5.42. The Morgan fingerprint density at radius 3 is 3.08 bits per heavy atom. The van der Waals surface area contributed by atoms with Gasteiger partial charge < -0.3 is 9.84 Å². The Labute approximate surface area is 76.0 Å². The van der Waals surface area contributed by atoms with E-state index >= 15 is 0 Å². The number of benzene rings is 1. The van der Waals surface area contributed by atoms with E-state index in [1.807, 2.05) is 6.07 Å². The molecule has 3 heteroatoms. The molecule has 1 heterocycles. The minimum atomic E-state index is 0.00455. The van der Waals surface area contributed by atoms with E-state index in [0.29, 0.717) is 6.42 Å². The number of Topliss-reactive ketones (excluding diaryl/α,β-unsaturated/α-hetero) is 1. The summed E-state index contributed by atoms with van der Waals surface area (Å²) in [5, 5.41) is 8.87. The summed E-state index contributed by atoms with van der Waals surface area (Å²) in [5.41, 5.74) is 1.72. The third-order valence-electron chi connectivity index (χ3n) is 2.09. The van der Waals surface area contributed by atoms with E-state index < -0.39 is 0 Å². The molecule has 1 aliphatic heterocycles. The van der Waals surface area contributed by atoms with Gasteiger partial charge in [-0.3, -0.25) is 4.79 Å². The number of aliphatic hydroxyl groups is 1. The van der Waals surface area contributed by atoms with Crippen molar-refractivity contribution >= 4 is 5.78 Å². The molecule has 13 heavy (non-hydrogen) atoms. The van der Waals surface area contributed by atoms with E-state index in [9.17, 15) is 4.79 Å². The van der Waals surface area contributed by atoms with Gasteiger partial charge in [0, 0.05) is 12.0 Å². The second-order valence-electron chi connectivity index (χ2n) is 3.10. The zero-order chi connectivity index (χ0) is 9.26. The summed E-state index contributed by atoms with van der Waals surface area (Å²) in [6.07, 6.45) is 0.445. The number of hydrogen-bond acceptors (Lipinski definition) is 3. The van der Waals surface area contributed by atoms with Gasteiger partial charge in [0.05, 0.1) is 6.61 Å². The molecule has 1 N–H and O–H groups in total. The van der Waals surface area contributed by atoms with Crippen molar-refractivity contribution in [3.63, 3.8) is 0 Å². The maximum absolute atomic E-state index is 11.0. The lowest BCUT2D eigenvalue weighted by molar-refractivity contribution is -0.121. The van der Waals surface area contributed by atoms with Crippen molar-refractivity contribution in [1.29, 1.82) is 0 Å². The van der Waals surface area contributed by atoms with Crippen molar-refractivity contribution in [3.8, 4) is 5.75 Å². The topological polar surface area (TPSA) is 46.5 Å². The van der Waals surface area contributed by atoms with Gasteiger partial charge in [0.25, 0.3) is 0 Å². The van der Waals surface area contributed by atoms with Crippen LogP contribution in [0.4, 0.5) is 0 Å². The predicted molar refractivity (Wildman–Crippen MR) is 46.6 cm³/mol. The van der Waals surface area contributed by atoms with Crippen LogP contribution in [0, 0.1) is 0 Å². The molecule has 0 saturated heterocycles. The SMILES string of the molecule is O=C1COc2cc(CO)ccc2C1. The van der Waals surface area contributed by atoms with Gasteiger partial charge in [-0.15, -0.1) is 0 Å². The van der Waals surface area contributed by atoms with E-state index in [1.54, 1.807) is 12.1 Å². The van der Waals surface area contributed by atoms with Crippen molar-refractivity contribution in [2.45, 2.75) is 13.0 Å². The smallest absolute Gasteiger partial charge is 0.174 e. The van der Waals surface area contributed by atoms with Gasteiger partial charge in [0.1, 0.15) is 12.4 Å². The fourth-order valence-electron chi connectivity index (χ4n) is 1.40. The molecule has 0 unspecified atom stereocenters. The minimum Gasteiger partial charge on any atom is -0.486 e. The average molecular weight is 178 g/mol. The van der Waals surface area contributed by atoms with Gasteiger partial charge in [0.2, 0.25) is 0 Å². The molecule has 3 nitrogen and oxygen atoms in total. The van der Waals surface area contributed by atoms with Crippen LogP contribution in [0.3, 0.4) is 0 Å². The third-order valence-corrected chi connectivity index (χ3v) is 2.09. The standard InChI is InChI=1S/C10H10O3/c11-5-7-1-2-8-4-9(12)6-13-10(8)3-7/h1-3,11H,4-6H2. The minimum absolute atomic E-state index is 0.00455. The number of ketones is 1. The molecule has 0 atom stereocenters. The molecule has 0 spiro atoms. The van der Waals surface area contributed by atoms with Crippen LogP contribution < -0.4 is 4.74 Å². The van der Waals surface area contributed by atoms with E-state index in [-0.39, 0.29) is 19.0 Å². The number of aliphatic hydroxyl groups excluding tert-OH is 1. The predicted octanol–water partition coefficient (Wildman–Crippen LogP) is 0.683. The fourth-order valence-corrected chi connectivity index (χ4v) is 1.40. The number of carbonyl (C=O) groups excluding carboxylic acids is 1. The summed E-state index contributed by atoms with van der Waals surface area (Å²) >= 11 is 0. The van der Waals surface area contributed by atoms with Crippen molar-refractivity contribution in [2.24, 2.45) is 0 Å². The molecule has 0 aliphatic carbocycles. The average Bonchev–Trinajstić information content (AvgIpc) is 2.17. The first kappa shape index (κ1) is 8.26. The molecule has 0 aromatic heterocycles. The summed E-state index contributed by atoms with van der Waals surface area (Å²) in [7, 11) is 0. The Morgan fingerprint density at radius 2 is 2.31 bits per heavy atom. The highest BCUT2D eigenvalue weighted by molar-refractivity contribution is 5.84. The lowest BCUT2D eigenvalue weighted by atomic mass is 10.0. The van der Waals surface area contributed by atoms with Crippen LogP contribution in [0.5, 0.6) is 5.75 Å². The first-order valence-electron chi connectivity index (χ1n) is 4.17. The van der Waals surface area contributed by atoms with Crippen LogP contribution in [-0.4, -0.2) is 17.5 Å². The Balaban J connectivity index is 2.36. The molecule has 1 aromatic carbocycles. The molecule has 0 fully saturated rings. The number of carbonyl (C=O) groups is 1. The Kier molecular flexibility index (Phi) is 2.02. The summed E-state index contributed by atoms with van der Waals surface area (Å²) in [4.78, 5) is 11.0. The molecule has 1 aromatic rings. The number of hydrogen-bond donors (Lipinski definition) is 1. The van der Waals surface area contributed by atoms with E-state index in [1.165, 1.54) is 0 Å². The molecule has 0 saturated carbocycles. The van der Waals surface area contributed by atoms with Crippen LogP contribution >= 0.6 is 0 Å². The number of fused-ring (bicyclic) bond motifs is 1. The van der Waals surface area contributed by atoms with Crippen molar-refractivity contribution in [3.05, 3.63) is 29.3 Å². The molecule has 2 rings (SSSR count). The molecular weight excluding hydrogens is 168 g/mol. The van der Waals surface area contributed by atoms with Crippen molar-refractivity contribution < 1.29 is 14.6 Å². The molecular formula is C10H10O3. The molecule has 0 amide bonds. The summed E-state index contributed by atoms with van der Waals surface area (Å²) in [6.45, 7) is 0.159. The van der Waals surface area contributed by atoms with Gasteiger partial charge in [0.15, 0.2) is 5.78 Å². The molecule has 0 radical (unpaired) electrons. The zero-order valence-electron chi connectivity index (χ0n) is 7.12. The normalized spacial score (nSPS) is 15.0. The van der Waals surface area contributed by atoms with Gasteiger partial charge in [-0.25, -0.2) is 0 Å². The summed E-state index contributed by atoms with van der Waals surface area (Å²) in [5.74, 6) is 0.829. The van der Waals surface area contributed by atoms with Crippen LogP contribution in [0.15, 0.2) is 18.2 Å². The maximum Gasteiger partial charge on any atom is 0.174 e. The monoisotopic (exact) mass is 178 g/mol. The molecule has 68 valence electrons. The van der Waals surface area contributed by atoms with E-state index in [0.717, 1.165) is 16.9 Å². The highest BCUT2D eigenvalue weighted by atomic mass is 16.5. The highest BCUT2D eigenvalue weighted by Gasteiger charge is 2.16. The van der Waals surface area contributed by atoms with Crippen LogP contribution in [0.25, 0.3) is 0 Å².